The second-order valence-corrected chi connectivity index (χ2v) is 5.57. The van der Waals surface area contributed by atoms with Gasteiger partial charge in [0.25, 0.3) is 5.91 Å². The fraction of sp³-hybridized carbons (Fsp3) is 0.353. The van der Waals surface area contributed by atoms with Crippen LogP contribution in [0, 0.1) is 17.9 Å². The Kier molecular flexibility index (Phi) is 5.33. The molecular formula is C17H20FN3O3. The predicted molar refractivity (Wildman–Crippen MR) is 86.3 cm³/mol. The van der Waals surface area contributed by atoms with Gasteiger partial charge in [0.05, 0.1) is 11.6 Å². The monoisotopic (exact) mass is 333 g/mol. The van der Waals surface area contributed by atoms with Gasteiger partial charge in [0, 0.05) is 19.5 Å². The highest BCUT2D eigenvalue weighted by atomic mass is 19.1. The second-order valence-electron chi connectivity index (χ2n) is 5.57. The number of halogens is 1. The lowest BCUT2D eigenvalue weighted by atomic mass is 10.1. The van der Waals surface area contributed by atoms with E-state index in [1.807, 2.05) is 20.8 Å². The molecule has 0 spiro atoms. The lowest BCUT2D eigenvalue weighted by Crippen LogP contribution is -2.36. The number of rotatable bonds is 5. The largest absolute Gasteiger partial charge is 0.711 e. The van der Waals surface area contributed by atoms with Gasteiger partial charge < -0.3 is 14.8 Å². The van der Waals surface area contributed by atoms with Crippen LogP contribution in [0.25, 0.3) is 0 Å². The van der Waals surface area contributed by atoms with Gasteiger partial charge in [-0.2, -0.15) is 0 Å². The smallest absolute Gasteiger partial charge is 0.337 e. The maximum Gasteiger partial charge on any atom is 0.337 e. The number of hydrogen-bond acceptors (Lipinski definition) is 4. The van der Waals surface area contributed by atoms with Crippen molar-refractivity contribution < 1.29 is 18.7 Å². The zero-order chi connectivity index (χ0) is 17.9. The summed E-state index contributed by atoms with van der Waals surface area (Å²) in [5.74, 6) is -0.294. The van der Waals surface area contributed by atoms with Gasteiger partial charge in [-0.05, 0) is 44.0 Å². The first-order valence-electron chi connectivity index (χ1n) is 7.68. The van der Waals surface area contributed by atoms with Gasteiger partial charge in [-0.15, -0.1) is 0 Å². The Labute approximate surface area is 140 Å². The Morgan fingerprint density at radius 3 is 2.71 bits per heavy atom. The molecule has 2 rings (SSSR count). The van der Waals surface area contributed by atoms with Crippen molar-refractivity contribution in [1.82, 2.24) is 9.88 Å². The molecule has 24 heavy (non-hydrogen) atoms. The van der Waals surface area contributed by atoms with Crippen molar-refractivity contribution in [3.8, 4) is 11.6 Å². The van der Waals surface area contributed by atoms with Crippen LogP contribution < -0.4 is 9.47 Å². The molecule has 7 heteroatoms. The maximum atomic E-state index is 13.6. The number of aryl methyl sites for hydroxylation is 1. The molecule has 6 nitrogen and oxygen atoms in total. The summed E-state index contributed by atoms with van der Waals surface area (Å²) in [5.41, 5.74) is 0.115. The van der Waals surface area contributed by atoms with Gasteiger partial charge in [0.1, 0.15) is 17.8 Å². The highest BCUT2D eigenvalue weighted by molar-refractivity contribution is 5.97. The zero-order valence-electron chi connectivity index (χ0n) is 14.1. The first-order valence-corrected chi connectivity index (χ1v) is 7.68. The molecule has 1 aromatic heterocycles. The predicted octanol–water partition coefficient (Wildman–Crippen LogP) is 2.83. The van der Waals surface area contributed by atoms with Crippen LogP contribution in [0.2, 0.25) is 0 Å². The third-order valence-electron chi connectivity index (χ3n) is 3.55. The Morgan fingerprint density at radius 2 is 2.12 bits per heavy atom. The summed E-state index contributed by atoms with van der Waals surface area (Å²) in [6, 6.07) is 5.09. The van der Waals surface area contributed by atoms with Gasteiger partial charge in [-0.25, -0.2) is 9.12 Å². The fourth-order valence-electron chi connectivity index (χ4n) is 2.31. The third-order valence-corrected chi connectivity index (χ3v) is 3.55. The van der Waals surface area contributed by atoms with E-state index in [-0.39, 0.29) is 35.0 Å². The second kappa shape index (κ2) is 7.25. The fourth-order valence-corrected chi connectivity index (χ4v) is 2.31. The number of carbonyl (C=O) groups excluding carboxylic acids is 1. The third kappa shape index (κ3) is 3.79. The Bertz CT molecular complexity index is 750. The number of benzene rings is 1. The molecule has 0 fully saturated rings. The minimum absolute atomic E-state index is 0.0323. The summed E-state index contributed by atoms with van der Waals surface area (Å²) in [4.78, 5) is 18.3. The number of hydrogen-bond donors (Lipinski definition) is 0. The van der Waals surface area contributed by atoms with Crippen molar-refractivity contribution in [2.45, 2.75) is 33.7 Å². The molecule has 0 atom stereocenters. The van der Waals surface area contributed by atoms with E-state index in [2.05, 4.69) is 4.98 Å². The lowest BCUT2D eigenvalue weighted by molar-refractivity contribution is -0.616. The van der Waals surface area contributed by atoms with E-state index in [0.29, 0.717) is 11.3 Å². The number of ether oxygens (including phenoxy) is 1. The van der Waals surface area contributed by atoms with Crippen molar-refractivity contribution in [1.29, 1.82) is 0 Å². The van der Waals surface area contributed by atoms with Gasteiger partial charge >= 0.3 is 11.7 Å². The van der Waals surface area contributed by atoms with E-state index in [0.717, 1.165) is 6.07 Å². The maximum absolute atomic E-state index is 13.6. The molecule has 0 aliphatic carbocycles. The van der Waals surface area contributed by atoms with Gasteiger partial charge in [-0.3, -0.25) is 4.79 Å². The molecule has 1 aromatic carbocycles. The van der Waals surface area contributed by atoms with Crippen LogP contribution in [0.15, 0.2) is 30.5 Å². The van der Waals surface area contributed by atoms with Crippen molar-refractivity contribution in [2.24, 2.45) is 0 Å². The SMILES string of the molecule is CCN(C(=O)c1cc(F)ccc1Oc1cc[n+]([O-])c(C)n1)C(C)C. The minimum atomic E-state index is -0.528. The summed E-state index contributed by atoms with van der Waals surface area (Å²) >= 11 is 0. The molecule has 0 N–H and O–H groups in total. The van der Waals surface area contributed by atoms with Crippen molar-refractivity contribution in [3.05, 3.63) is 52.9 Å². The average Bonchev–Trinajstić information content (AvgIpc) is 2.52. The summed E-state index contributed by atoms with van der Waals surface area (Å²) in [7, 11) is 0. The average molecular weight is 333 g/mol. The minimum Gasteiger partial charge on any atom is -0.711 e. The van der Waals surface area contributed by atoms with Gasteiger partial charge in [0.15, 0.2) is 0 Å². The topological polar surface area (TPSA) is 69.4 Å². The molecule has 1 amide bonds. The summed E-state index contributed by atoms with van der Waals surface area (Å²) < 4.78 is 19.9. The van der Waals surface area contributed by atoms with Crippen LogP contribution in [0.3, 0.4) is 0 Å². The molecular weight excluding hydrogens is 313 g/mol. The molecule has 0 saturated carbocycles. The first-order chi connectivity index (χ1) is 11.3. The summed E-state index contributed by atoms with van der Waals surface area (Å²) in [6.45, 7) is 7.65. The molecule has 2 aromatic rings. The number of aromatic nitrogens is 2. The summed E-state index contributed by atoms with van der Waals surface area (Å²) in [5, 5.41) is 11.3. The summed E-state index contributed by atoms with van der Waals surface area (Å²) in [6.07, 6.45) is 1.26. The van der Waals surface area contributed by atoms with Crippen LogP contribution >= 0.6 is 0 Å². The standard InChI is InChI=1S/C17H20FN3O3/c1-5-20(11(2)3)17(22)14-10-13(18)6-7-15(14)24-16-8-9-21(23)12(4)19-16/h6-11H,5H2,1-4H3. The van der Waals surface area contributed by atoms with E-state index in [1.54, 1.807) is 4.90 Å². The molecule has 0 radical (unpaired) electrons. The quantitative estimate of drug-likeness (QED) is 0.623. The van der Waals surface area contributed by atoms with E-state index < -0.39 is 5.82 Å². The molecule has 0 aliphatic rings. The van der Waals surface area contributed by atoms with E-state index in [1.165, 1.54) is 31.3 Å². The van der Waals surface area contributed by atoms with Crippen LogP contribution in [0.4, 0.5) is 4.39 Å². The normalized spacial score (nSPS) is 10.8. The highest BCUT2D eigenvalue weighted by Crippen LogP contribution is 2.26. The zero-order valence-corrected chi connectivity index (χ0v) is 14.1. The Balaban J connectivity index is 2.40. The number of amides is 1. The lowest BCUT2D eigenvalue weighted by Gasteiger charge is -2.25. The molecule has 0 aliphatic heterocycles. The highest BCUT2D eigenvalue weighted by Gasteiger charge is 2.23. The molecule has 0 unspecified atom stereocenters. The van der Waals surface area contributed by atoms with Gasteiger partial charge in [0.2, 0.25) is 0 Å². The molecule has 1 heterocycles. The molecule has 0 bridgehead atoms. The van der Waals surface area contributed by atoms with Crippen LogP contribution in [0.5, 0.6) is 11.6 Å². The van der Waals surface area contributed by atoms with Crippen LogP contribution in [0.1, 0.15) is 37.0 Å². The van der Waals surface area contributed by atoms with Crippen molar-refractivity contribution in [3.63, 3.8) is 0 Å². The number of nitrogens with zero attached hydrogens (tertiary/aromatic N) is 3. The Morgan fingerprint density at radius 1 is 1.42 bits per heavy atom. The van der Waals surface area contributed by atoms with E-state index in [9.17, 15) is 14.4 Å². The van der Waals surface area contributed by atoms with Crippen LogP contribution in [-0.2, 0) is 0 Å². The van der Waals surface area contributed by atoms with Crippen molar-refractivity contribution >= 4 is 5.91 Å². The number of carbonyl (C=O) groups is 1. The van der Waals surface area contributed by atoms with Gasteiger partial charge in [-0.1, -0.05) is 0 Å². The Hall–Kier alpha value is -2.70. The molecule has 128 valence electrons. The molecule has 0 saturated heterocycles. The van der Waals surface area contributed by atoms with E-state index in [4.69, 9.17) is 4.74 Å². The van der Waals surface area contributed by atoms with Crippen LogP contribution in [-0.4, -0.2) is 28.4 Å². The van der Waals surface area contributed by atoms with Crippen molar-refractivity contribution in [2.75, 3.05) is 6.54 Å². The van der Waals surface area contributed by atoms with E-state index >= 15 is 0 Å². The first kappa shape index (κ1) is 17.7.